The van der Waals surface area contributed by atoms with E-state index in [9.17, 15) is 0 Å². The number of nitrogens with one attached hydrogen (secondary N) is 1. The van der Waals surface area contributed by atoms with Crippen molar-refractivity contribution in [1.29, 1.82) is 0 Å². The molecule has 0 unspecified atom stereocenters. The summed E-state index contributed by atoms with van der Waals surface area (Å²) in [5.74, 6) is 0. The van der Waals surface area contributed by atoms with E-state index >= 15 is 0 Å². The van der Waals surface area contributed by atoms with Crippen LogP contribution in [0.15, 0.2) is 0 Å². The zero-order valence-corrected chi connectivity index (χ0v) is 13.5. The van der Waals surface area contributed by atoms with Crippen molar-refractivity contribution in [3.8, 4) is 0 Å². The molecule has 0 spiro atoms. The molecule has 0 aromatic rings. The summed E-state index contributed by atoms with van der Waals surface area (Å²) < 4.78 is 0. The van der Waals surface area contributed by atoms with Gasteiger partial charge in [-0.3, -0.25) is 0 Å². The second kappa shape index (κ2) is 6.38. The first-order valence-electron chi connectivity index (χ1n) is 7.61. The van der Waals surface area contributed by atoms with Crippen LogP contribution >= 0.6 is 0 Å². The first kappa shape index (κ1) is 16.0. The monoisotopic (exact) mass is 254 g/mol. The first-order valence-corrected chi connectivity index (χ1v) is 7.61. The van der Waals surface area contributed by atoms with Gasteiger partial charge in [0, 0.05) is 12.6 Å². The molecule has 0 aromatic heterocycles. The first-order chi connectivity index (χ1) is 8.16. The van der Waals surface area contributed by atoms with E-state index in [1.807, 2.05) is 0 Å². The fourth-order valence-electron chi connectivity index (χ4n) is 2.30. The fourth-order valence-corrected chi connectivity index (χ4v) is 2.30. The lowest BCUT2D eigenvalue weighted by atomic mass is 9.91. The SMILES string of the molecule is CC(C)(C)CCN1CCC(NCC(C)(C)C)CC1. The van der Waals surface area contributed by atoms with Crippen LogP contribution < -0.4 is 5.32 Å². The summed E-state index contributed by atoms with van der Waals surface area (Å²) >= 11 is 0. The quantitative estimate of drug-likeness (QED) is 0.826. The van der Waals surface area contributed by atoms with Crippen molar-refractivity contribution in [2.24, 2.45) is 10.8 Å². The Morgan fingerprint density at radius 3 is 1.94 bits per heavy atom. The standard InChI is InChI=1S/C16H34N2/c1-15(2,3)9-12-18-10-7-14(8-11-18)17-13-16(4,5)6/h14,17H,7-13H2,1-6H3. The maximum atomic E-state index is 3.73. The van der Waals surface area contributed by atoms with Crippen LogP contribution in [-0.2, 0) is 0 Å². The van der Waals surface area contributed by atoms with Gasteiger partial charge in [0.05, 0.1) is 0 Å². The van der Waals surface area contributed by atoms with Crippen LogP contribution in [0.5, 0.6) is 0 Å². The summed E-state index contributed by atoms with van der Waals surface area (Å²) in [6.07, 6.45) is 3.95. The molecule has 1 rings (SSSR count). The van der Waals surface area contributed by atoms with Gasteiger partial charge in [0.2, 0.25) is 0 Å². The minimum atomic E-state index is 0.406. The van der Waals surface area contributed by atoms with Gasteiger partial charge in [-0.15, -0.1) is 0 Å². The third-order valence-electron chi connectivity index (χ3n) is 3.69. The van der Waals surface area contributed by atoms with E-state index in [1.165, 1.54) is 38.9 Å². The third-order valence-corrected chi connectivity index (χ3v) is 3.69. The van der Waals surface area contributed by atoms with Gasteiger partial charge in [-0.25, -0.2) is 0 Å². The molecule has 0 bridgehead atoms. The Hall–Kier alpha value is -0.0800. The Labute approximate surface area is 115 Å². The van der Waals surface area contributed by atoms with Gasteiger partial charge in [-0.2, -0.15) is 0 Å². The number of hydrogen-bond acceptors (Lipinski definition) is 2. The molecule has 1 aliphatic rings. The van der Waals surface area contributed by atoms with E-state index in [0.29, 0.717) is 10.8 Å². The lowest BCUT2D eigenvalue weighted by Crippen LogP contribution is -2.45. The molecule has 0 aromatic carbocycles. The van der Waals surface area contributed by atoms with Gasteiger partial charge in [0.15, 0.2) is 0 Å². The van der Waals surface area contributed by atoms with E-state index in [2.05, 4.69) is 51.8 Å². The Morgan fingerprint density at radius 2 is 1.50 bits per heavy atom. The fraction of sp³-hybridized carbons (Fsp3) is 1.00. The van der Waals surface area contributed by atoms with Crippen LogP contribution in [0.2, 0.25) is 0 Å². The molecule has 0 atom stereocenters. The van der Waals surface area contributed by atoms with E-state index in [-0.39, 0.29) is 0 Å². The van der Waals surface area contributed by atoms with Crippen LogP contribution in [0.3, 0.4) is 0 Å². The molecule has 0 radical (unpaired) electrons. The number of piperidine rings is 1. The number of hydrogen-bond donors (Lipinski definition) is 1. The number of rotatable bonds is 4. The van der Waals surface area contributed by atoms with Crippen LogP contribution in [0, 0.1) is 10.8 Å². The lowest BCUT2D eigenvalue weighted by molar-refractivity contribution is 0.169. The van der Waals surface area contributed by atoms with Crippen molar-refractivity contribution >= 4 is 0 Å². The highest BCUT2D eigenvalue weighted by Crippen LogP contribution is 2.21. The number of likely N-dealkylation sites (tertiary alicyclic amines) is 1. The summed E-state index contributed by atoms with van der Waals surface area (Å²) in [6, 6.07) is 0.745. The van der Waals surface area contributed by atoms with Crippen molar-refractivity contribution < 1.29 is 0 Å². The average molecular weight is 254 g/mol. The Kier molecular flexibility index (Phi) is 5.67. The van der Waals surface area contributed by atoms with Gasteiger partial charge >= 0.3 is 0 Å². The van der Waals surface area contributed by atoms with Crippen LogP contribution in [-0.4, -0.2) is 37.1 Å². The predicted octanol–water partition coefficient (Wildman–Crippen LogP) is 3.52. The minimum Gasteiger partial charge on any atom is -0.313 e. The molecule has 2 heteroatoms. The van der Waals surface area contributed by atoms with Crippen LogP contribution in [0.4, 0.5) is 0 Å². The lowest BCUT2D eigenvalue weighted by Gasteiger charge is -2.35. The molecule has 0 aliphatic carbocycles. The maximum Gasteiger partial charge on any atom is 0.00916 e. The molecule has 18 heavy (non-hydrogen) atoms. The molecule has 1 N–H and O–H groups in total. The Bertz CT molecular complexity index is 200. The van der Waals surface area contributed by atoms with Gasteiger partial charge < -0.3 is 10.2 Å². The summed E-state index contributed by atoms with van der Waals surface area (Å²) in [4.78, 5) is 2.64. The topological polar surface area (TPSA) is 15.3 Å². The molecule has 1 heterocycles. The maximum absolute atomic E-state index is 3.73. The summed E-state index contributed by atoms with van der Waals surface area (Å²) in [5, 5.41) is 3.73. The van der Waals surface area contributed by atoms with E-state index in [0.717, 1.165) is 12.6 Å². The summed E-state index contributed by atoms with van der Waals surface area (Å²) in [5.41, 5.74) is 0.880. The highest BCUT2D eigenvalue weighted by Gasteiger charge is 2.21. The molecule has 1 saturated heterocycles. The molecule has 108 valence electrons. The highest BCUT2D eigenvalue weighted by molar-refractivity contribution is 4.80. The van der Waals surface area contributed by atoms with Gasteiger partial charge in [0.1, 0.15) is 0 Å². The van der Waals surface area contributed by atoms with Gasteiger partial charge in [-0.1, -0.05) is 41.5 Å². The molecule has 0 amide bonds. The summed E-state index contributed by atoms with van der Waals surface area (Å²) in [6.45, 7) is 18.9. The van der Waals surface area contributed by atoms with Gasteiger partial charge in [0.25, 0.3) is 0 Å². The summed E-state index contributed by atoms with van der Waals surface area (Å²) in [7, 11) is 0. The zero-order valence-electron chi connectivity index (χ0n) is 13.5. The molecule has 1 aliphatic heterocycles. The smallest absolute Gasteiger partial charge is 0.00916 e. The largest absolute Gasteiger partial charge is 0.313 e. The number of nitrogens with zero attached hydrogens (tertiary/aromatic N) is 1. The normalized spacial score (nSPS) is 20.3. The highest BCUT2D eigenvalue weighted by atomic mass is 15.1. The van der Waals surface area contributed by atoms with Crippen LogP contribution in [0.25, 0.3) is 0 Å². The molecular weight excluding hydrogens is 220 g/mol. The third kappa shape index (κ3) is 7.38. The second-order valence-electron chi connectivity index (χ2n) is 8.37. The van der Waals surface area contributed by atoms with Crippen molar-refractivity contribution in [3.05, 3.63) is 0 Å². The van der Waals surface area contributed by atoms with E-state index < -0.39 is 0 Å². The van der Waals surface area contributed by atoms with Crippen molar-refractivity contribution in [3.63, 3.8) is 0 Å². The van der Waals surface area contributed by atoms with E-state index in [4.69, 9.17) is 0 Å². The van der Waals surface area contributed by atoms with Crippen molar-refractivity contribution in [1.82, 2.24) is 10.2 Å². The zero-order chi connectivity index (χ0) is 13.8. The van der Waals surface area contributed by atoms with Crippen molar-refractivity contribution in [2.45, 2.75) is 66.8 Å². The molecule has 1 fully saturated rings. The molecular formula is C16H34N2. The minimum absolute atomic E-state index is 0.406. The predicted molar refractivity (Wildman–Crippen MR) is 81.0 cm³/mol. The Morgan fingerprint density at radius 1 is 0.944 bits per heavy atom. The van der Waals surface area contributed by atoms with Crippen LogP contribution in [0.1, 0.15) is 60.8 Å². The van der Waals surface area contributed by atoms with Crippen molar-refractivity contribution in [2.75, 3.05) is 26.2 Å². The van der Waals surface area contributed by atoms with Gasteiger partial charge in [-0.05, 0) is 49.7 Å². The molecule has 2 nitrogen and oxygen atoms in total. The Balaban J connectivity index is 2.17. The second-order valence-corrected chi connectivity index (χ2v) is 8.37. The van der Waals surface area contributed by atoms with E-state index in [1.54, 1.807) is 0 Å². The average Bonchev–Trinajstić information content (AvgIpc) is 2.23. The molecule has 0 saturated carbocycles.